The first kappa shape index (κ1) is 17.3. The summed E-state index contributed by atoms with van der Waals surface area (Å²) in [5, 5.41) is 9.28. The Morgan fingerprint density at radius 3 is 2.00 bits per heavy atom. The third kappa shape index (κ3) is 4.01. The van der Waals surface area contributed by atoms with Crippen molar-refractivity contribution in [3.05, 3.63) is 29.8 Å². The summed E-state index contributed by atoms with van der Waals surface area (Å²) in [6.07, 6.45) is 0. The molecule has 6 heteroatoms. The van der Waals surface area contributed by atoms with Crippen LogP contribution in [0.2, 0.25) is 0 Å². The van der Waals surface area contributed by atoms with Gasteiger partial charge in [-0.1, -0.05) is 20.8 Å². The van der Waals surface area contributed by atoms with Gasteiger partial charge in [0.05, 0.1) is 6.04 Å². The van der Waals surface area contributed by atoms with Gasteiger partial charge in [-0.2, -0.15) is 0 Å². The van der Waals surface area contributed by atoms with Crippen LogP contribution in [-0.2, 0) is 4.79 Å². The van der Waals surface area contributed by atoms with Gasteiger partial charge in [-0.15, -0.1) is 0 Å². The minimum atomic E-state index is -0.540. The van der Waals surface area contributed by atoms with Gasteiger partial charge in [-0.3, -0.25) is 9.59 Å². The van der Waals surface area contributed by atoms with E-state index in [0.29, 0.717) is 31.7 Å². The zero-order valence-electron chi connectivity index (χ0n) is 14.0. The first-order valence-corrected chi connectivity index (χ1v) is 7.83. The summed E-state index contributed by atoms with van der Waals surface area (Å²) in [6.45, 7) is 7.80. The van der Waals surface area contributed by atoms with Gasteiger partial charge in [0.15, 0.2) is 0 Å². The van der Waals surface area contributed by atoms with E-state index < -0.39 is 6.04 Å². The van der Waals surface area contributed by atoms with E-state index in [9.17, 15) is 14.7 Å². The topological polar surface area (TPSA) is 86.9 Å². The molecule has 6 nitrogen and oxygen atoms in total. The summed E-state index contributed by atoms with van der Waals surface area (Å²) in [5.74, 6) is -0.0143. The summed E-state index contributed by atoms with van der Waals surface area (Å²) in [6, 6.07) is 5.65. The Balaban J connectivity index is 1.94. The van der Waals surface area contributed by atoms with Gasteiger partial charge in [0.1, 0.15) is 5.75 Å². The highest BCUT2D eigenvalue weighted by atomic mass is 16.3. The quantitative estimate of drug-likeness (QED) is 0.853. The third-order valence-electron chi connectivity index (χ3n) is 4.19. The molecule has 23 heavy (non-hydrogen) atoms. The van der Waals surface area contributed by atoms with Crippen molar-refractivity contribution in [2.24, 2.45) is 11.1 Å². The van der Waals surface area contributed by atoms with Gasteiger partial charge in [0.25, 0.3) is 5.91 Å². The smallest absolute Gasteiger partial charge is 0.253 e. The number of benzene rings is 1. The minimum absolute atomic E-state index is 0.0609. The number of hydrogen-bond donors (Lipinski definition) is 2. The van der Waals surface area contributed by atoms with Gasteiger partial charge < -0.3 is 20.6 Å². The summed E-state index contributed by atoms with van der Waals surface area (Å²) >= 11 is 0. The molecule has 0 spiro atoms. The lowest BCUT2D eigenvalue weighted by Gasteiger charge is -2.38. The highest BCUT2D eigenvalue weighted by Crippen LogP contribution is 2.20. The Morgan fingerprint density at radius 1 is 1.04 bits per heavy atom. The van der Waals surface area contributed by atoms with Gasteiger partial charge in [-0.05, 0) is 29.7 Å². The highest BCUT2D eigenvalue weighted by Gasteiger charge is 2.33. The number of amides is 2. The van der Waals surface area contributed by atoms with Gasteiger partial charge >= 0.3 is 0 Å². The fourth-order valence-electron chi connectivity index (χ4n) is 2.48. The predicted molar refractivity (Wildman–Crippen MR) is 88.0 cm³/mol. The molecule has 1 aliphatic heterocycles. The molecule has 1 saturated heterocycles. The standard InChI is InChI=1S/C17H25N3O3/c1-17(2,3)14(18)16(23)20-10-8-19(9-11-20)15(22)12-4-6-13(21)7-5-12/h4-7,14,21H,8-11,18H2,1-3H3/t14-/m1/s1. The molecule has 0 aromatic heterocycles. The summed E-state index contributed by atoms with van der Waals surface area (Å²) in [7, 11) is 0. The average Bonchev–Trinajstić information content (AvgIpc) is 2.53. The largest absolute Gasteiger partial charge is 0.508 e. The molecule has 1 aromatic carbocycles. The van der Waals surface area contributed by atoms with Crippen LogP contribution in [-0.4, -0.2) is 58.9 Å². The number of carbonyl (C=O) groups is 2. The lowest BCUT2D eigenvalue weighted by atomic mass is 9.86. The molecule has 1 atom stereocenters. The van der Waals surface area contributed by atoms with Crippen LogP contribution >= 0.6 is 0 Å². The van der Waals surface area contributed by atoms with Crippen LogP contribution in [0.15, 0.2) is 24.3 Å². The summed E-state index contributed by atoms with van der Waals surface area (Å²) in [5.41, 5.74) is 6.28. The lowest BCUT2D eigenvalue weighted by Crippen LogP contribution is -2.56. The fraction of sp³-hybridized carbons (Fsp3) is 0.529. The van der Waals surface area contributed by atoms with Crippen molar-refractivity contribution in [1.82, 2.24) is 9.80 Å². The Morgan fingerprint density at radius 2 is 1.52 bits per heavy atom. The molecule has 126 valence electrons. The van der Waals surface area contributed by atoms with Crippen LogP contribution < -0.4 is 5.73 Å². The first-order chi connectivity index (χ1) is 10.7. The SMILES string of the molecule is CC(C)(C)[C@H](N)C(=O)N1CCN(C(=O)c2ccc(O)cc2)CC1. The van der Waals surface area contributed by atoms with E-state index in [1.54, 1.807) is 21.9 Å². The highest BCUT2D eigenvalue weighted by molar-refractivity contribution is 5.94. The number of phenols is 1. The number of nitrogens with two attached hydrogens (primary N) is 1. The first-order valence-electron chi connectivity index (χ1n) is 7.83. The maximum Gasteiger partial charge on any atom is 0.253 e. The van der Waals surface area contributed by atoms with Crippen molar-refractivity contribution in [3.8, 4) is 5.75 Å². The number of phenolic OH excluding ortho intramolecular Hbond substituents is 1. The van der Waals surface area contributed by atoms with E-state index >= 15 is 0 Å². The average molecular weight is 319 g/mol. The number of nitrogens with zero attached hydrogens (tertiary/aromatic N) is 2. The molecule has 1 aliphatic rings. The van der Waals surface area contributed by atoms with Gasteiger partial charge in [-0.25, -0.2) is 0 Å². The molecular weight excluding hydrogens is 294 g/mol. The third-order valence-corrected chi connectivity index (χ3v) is 4.19. The Bertz CT molecular complexity index is 570. The van der Waals surface area contributed by atoms with Crippen LogP contribution in [0.3, 0.4) is 0 Å². The number of piperazine rings is 1. The molecule has 2 amide bonds. The number of aromatic hydroxyl groups is 1. The molecule has 1 heterocycles. The predicted octanol–water partition coefficient (Wildman–Crippen LogP) is 1.05. The van der Waals surface area contributed by atoms with Crippen molar-refractivity contribution >= 4 is 11.8 Å². The molecule has 3 N–H and O–H groups in total. The minimum Gasteiger partial charge on any atom is -0.508 e. The number of rotatable bonds is 2. The van der Waals surface area contributed by atoms with Crippen LogP contribution in [0.1, 0.15) is 31.1 Å². The van der Waals surface area contributed by atoms with Gasteiger partial charge in [0, 0.05) is 31.7 Å². The van der Waals surface area contributed by atoms with Crippen LogP contribution in [0.25, 0.3) is 0 Å². The van der Waals surface area contributed by atoms with Crippen molar-refractivity contribution in [2.45, 2.75) is 26.8 Å². The molecule has 0 aliphatic carbocycles. The van der Waals surface area contributed by atoms with Crippen molar-refractivity contribution in [2.75, 3.05) is 26.2 Å². The summed E-state index contributed by atoms with van der Waals surface area (Å²) in [4.78, 5) is 28.2. The van der Waals surface area contributed by atoms with Gasteiger partial charge in [0.2, 0.25) is 5.91 Å². The molecule has 1 fully saturated rings. The molecule has 0 unspecified atom stereocenters. The summed E-state index contributed by atoms with van der Waals surface area (Å²) < 4.78 is 0. The molecule has 1 aromatic rings. The van der Waals surface area contributed by atoms with E-state index in [2.05, 4.69) is 0 Å². The molecule has 0 radical (unpaired) electrons. The maximum atomic E-state index is 12.4. The van der Waals surface area contributed by atoms with Crippen LogP contribution in [0, 0.1) is 5.41 Å². The fourth-order valence-corrected chi connectivity index (χ4v) is 2.48. The maximum absolute atomic E-state index is 12.4. The zero-order chi connectivity index (χ0) is 17.2. The van der Waals surface area contributed by atoms with Crippen molar-refractivity contribution in [3.63, 3.8) is 0 Å². The second-order valence-corrected chi connectivity index (χ2v) is 7.01. The monoisotopic (exact) mass is 319 g/mol. The lowest BCUT2D eigenvalue weighted by molar-refractivity contribution is -0.136. The normalized spacial score (nSPS) is 17.0. The Labute approximate surface area is 136 Å². The Hall–Kier alpha value is -2.08. The second-order valence-electron chi connectivity index (χ2n) is 7.01. The van der Waals surface area contributed by atoms with E-state index in [1.807, 2.05) is 20.8 Å². The number of carbonyl (C=O) groups excluding carboxylic acids is 2. The van der Waals surface area contributed by atoms with E-state index in [4.69, 9.17) is 5.73 Å². The molecular formula is C17H25N3O3. The van der Waals surface area contributed by atoms with E-state index in [-0.39, 0.29) is 23.0 Å². The Kier molecular flexibility index (Phi) is 4.94. The second kappa shape index (κ2) is 6.58. The number of hydrogen-bond acceptors (Lipinski definition) is 4. The zero-order valence-corrected chi connectivity index (χ0v) is 14.0. The van der Waals surface area contributed by atoms with Crippen LogP contribution in [0.5, 0.6) is 5.75 Å². The molecule has 2 rings (SSSR count). The molecule has 0 bridgehead atoms. The van der Waals surface area contributed by atoms with Crippen LogP contribution in [0.4, 0.5) is 0 Å². The van der Waals surface area contributed by atoms with Crippen molar-refractivity contribution < 1.29 is 14.7 Å². The molecule has 0 saturated carbocycles. The van der Waals surface area contributed by atoms with E-state index in [0.717, 1.165) is 0 Å². The van der Waals surface area contributed by atoms with Crippen molar-refractivity contribution in [1.29, 1.82) is 0 Å². The van der Waals surface area contributed by atoms with E-state index in [1.165, 1.54) is 12.1 Å².